The number of halogens is 1. The van der Waals surface area contributed by atoms with E-state index in [0.29, 0.717) is 11.0 Å². The van der Waals surface area contributed by atoms with Crippen molar-refractivity contribution in [3.8, 4) is 0 Å². The van der Waals surface area contributed by atoms with Gasteiger partial charge in [-0.25, -0.2) is 0 Å². The van der Waals surface area contributed by atoms with Crippen molar-refractivity contribution >= 4 is 11.6 Å². The van der Waals surface area contributed by atoms with Gasteiger partial charge >= 0.3 is 0 Å². The Hall–Kier alpha value is -0.730. The number of nitrogens with two attached hydrogens (primary N) is 1. The van der Waals surface area contributed by atoms with Crippen LogP contribution in [0.5, 0.6) is 0 Å². The highest BCUT2D eigenvalue weighted by molar-refractivity contribution is 6.28. The van der Waals surface area contributed by atoms with Crippen LogP contribution in [0.2, 0.25) is 5.22 Å². The fraction of sp³-hybridized carbons (Fsp3) is 0.250. The van der Waals surface area contributed by atoms with Gasteiger partial charge < -0.3 is 10.2 Å². The largest absolute Gasteiger partial charge is 0.448 e. The molecule has 0 aliphatic rings. The number of furan rings is 1. The van der Waals surface area contributed by atoms with Gasteiger partial charge in [0.05, 0.1) is 6.04 Å². The van der Waals surface area contributed by atoms with Gasteiger partial charge in [-0.1, -0.05) is 12.2 Å². The maximum atomic E-state index is 5.70. The van der Waals surface area contributed by atoms with E-state index >= 15 is 0 Å². The molecule has 0 aliphatic heterocycles. The van der Waals surface area contributed by atoms with Crippen molar-refractivity contribution in [2.24, 2.45) is 5.73 Å². The average Bonchev–Trinajstić information content (AvgIpc) is 2.34. The molecule has 11 heavy (non-hydrogen) atoms. The molecular weight excluding hydrogens is 162 g/mol. The first kappa shape index (κ1) is 8.37. The Kier molecular flexibility index (Phi) is 2.37. The Labute approximate surface area is 70.6 Å². The summed E-state index contributed by atoms with van der Waals surface area (Å²) in [5.74, 6) is 0.655. The Balaban J connectivity index is 2.84. The van der Waals surface area contributed by atoms with Gasteiger partial charge in [-0.15, -0.1) is 0 Å². The molecule has 60 valence electrons. The van der Waals surface area contributed by atoms with Crippen molar-refractivity contribution < 1.29 is 4.42 Å². The molecule has 1 aromatic rings. The van der Waals surface area contributed by atoms with Crippen LogP contribution in [0.15, 0.2) is 28.7 Å². The van der Waals surface area contributed by atoms with Crippen molar-refractivity contribution in [2.45, 2.75) is 13.0 Å². The van der Waals surface area contributed by atoms with E-state index < -0.39 is 0 Å². The molecule has 0 spiro atoms. The summed E-state index contributed by atoms with van der Waals surface area (Å²) in [6, 6.07) is 3.17. The quantitative estimate of drug-likeness (QED) is 0.695. The summed E-state index contributed by atoms with van der Waals surface area (Å²) >= 11 is 5.56. The summed E-state index contributed by atoms with van der Waals surface area (Å²) in [5.41, 5.74) is 6.56. The number of rotatable bonds is 2. The third-order valence-corrected chi connectivity index (χ3v) is 1.63. The van der Waals surface area contributed by atoms with Crippen molar-refractivity contribution in [1.29, 1.82) is 0 Å². The first-order chi connectivity index (χ1) is 5.11. The van der Waals surface area contributed by atoms with E-state index in [4.69, 9.17) is 21.8 Å². The highest BCUT2D eigenvalue weighted by Gasteiger charge is 2.09. The molecule has 0 radical (unpaired) electrons. The van der Waals surface area contributed by atoms with Crippen LogP contribution in [0.1, 0.15) is 18.7 Å². The fourth-order valence-electron chi connectivity index (χ4n) is 0.738. The SMILES string of the molecule is C=C(C)C(N)c1ccc(Cl)o1. The molecule has 2 N–H and O–H groups in total. The molecule has 0 aliphatic carbocycles. The van der Waals surface area contributed by atoms with Gasteiger partial charge in [-0.05, 0) is 30.7 Å². The van der Waals surface area contributed by atoms with Crippen molar-refractivity contribution in [2.75, 3.05) is 0 Å². The molecule has 0 fully saturated rings. The predicted molar refractivity (Wildman–Crippen MR) is 45.5 cm³/mol. The molecule has 0 saturated heterocycles. The molecular formula is C8H10ClNO. The summed E-state index contributed by atoms with van der Waals surface area (Å²) < 4.78 is 5.09. The van der Waals surface area contributed by atoms with E-state index in [1.807, 2.05) is 6.92 Å². The number of hydrogen-bond acceptors (Lipinski definition) is 2. The maximum Gasteiger partial charge on any atom is 0.193 e. The second kappa shape index (κ2) is 3.11. The Morgan fingerprint density at radius 1 is 1.73 bits per heavy atom. The van der Waals surface area contributed by atoms with Crippen molar-refractivity contribution in [3.05, 3.63) is 35.3 Å². The van der Waals surface area contributed by atoms with Crippen LogP contribution >= 0.6 is 11.6 Å². The smallest absolute Gasteiger partial charge is 0.193 e. The van der Waals surface area contributed by atoms with Crippen molar-refractivity contribution in [1.82, 2.24) is 0 Å². The summed E-state index contributed by atoms with van der Waals surface area (Å²) in [7, 11) is 0. The van der Waals surface area contributed by atoms with Gasteiger partial charge in [0.15, 0.2) is 5.22 Å². The second-order valence-corrected chi connectivity index (χ2v) is 2.84. The molecule has 1 unspecified atom stereocenters. The zero-order chi connectivity index (χ0) is 8.43. The monoisotopic (exact) mass is 171 g/mol. The summed E-state index contributed by atoms with van der Waals surface area (Å²) in [6.45, 7) is 5.56. The van der Waals surface area contributed by atoms with E-state index in [0.717, 1.165) is 5.57 Å². The van der Waals surface area contributed by atoms with Gasteiger partial charge in [0, 0.05) is 0 Å². The molecule has 1 heterocycles. The van der Waals surface area contributed by atoms with E-state index in [-0.39, 0.29) is 6.04 Å². The van der Waals surface area contributed by atoms with Gasteiger partial charge in [0.2, 0.25) is 0 Å². The average molecular weight is 172 g/mol. The van der Waals surface area contributed by atoms with Crippen LogP contribution in [0, 0.1) is 0 Å². The van der Waals surface area contributed by atoms with Crippen LogP contribution in [0.4, 0.5) is 0 Å². The Morgan fingerprint density at radius 3 is 2.73 bits per heavy atom. The molecule has 3 heteroatoms. The highest BCUT2D eigenvalue weighted by Crippen LogP contribution is 2.21. The lowest BCUT2D eigenvalue weighted by Gasteiger charge is -2.06. The lowest BCUT2D eigenvalue weighted by Crippen LogP contribution is -2.09. The standard InChI is InChI=1S/C8H10ClNO/c1-5(2)8(10)6-3-4-7(9)11-6/h3-4,8H,1,10H2,2H3. The van der Waals surface area contributed by atoms with Crippen LogP contribution in [-0.2, 0) is 0 Å². The van der Waals surface area contributed by atoms with Crippen LogP contribution in [-0.4, -0.2) is 0 Å². The molecule has 1 atom stereocenters. The summed E-state index contributed by atoms with van der Waals surface area (Å²) in [5, 5.41) is 0.358. The van der Waals surface area contributed by atoms with Crippen molar-refractivity contribution in [3.63, 3.8) is 0 Å². The molecule has 2 nitrogen and oxygen atoms in total. The fourth-order valence-corrected chi connectivity index (χ4v) is 0.890. The van der Waals surface area contributed by atoms with Crippen LogP contribution in [0.25, 0.3) is 0 Å². The second-order valence-electron chi connectivity index (χ2n) is 2.47. The third kappa shape index (κ3) is 1.85. The summed E-state index contributed by atoms with van der Waals surface area (Å²) in [4.78, 5) is 0. The maximum absolute atomic E-state index is 5.70. The minimum absolute atomic E-state index is 0.248. The Morgan fingerprint density at radius 2 is 2.36 bits per heavy atom. The first-order valence-corrected chi connectivity index (χ1v) is 3.65. The zero-order valence-corrected chi connectivity index (χ0v) is 7.06. The van der Waals surface area contributed by atoms with Gasteiger partial charge in [-0.2, -0.15) is 0 Å². The molecule has 0 bridgehead atoms. The van der Waals surface area contributed by atoms with E-state index in [2.05, 4.69) is 6.58 Å². The molecule has 1 aromatic heterocycles. The van der Waals surface area contributed by atoms with E-state index in [9.17, 15) is 0 Å². The molecule has 0 saturated carbocycles. The lowest BCUT2D eigenvalue weighted by atomic mass is 10.1. The van der Waals surface area contributed by atoms with E-state index in [1.165, 1.54) is 0 Å². The molecule has 0 aromatic carbocycles. The first-order valence-electron chi connectivity index (χ1n) is 3.27. The Bertz CT molecular complexity index is 267. The van der Waals surface area contributed by atoms with E-state index in [1.54, 1.807) is 12.1 Å². The molecule has 0 amide bonds. The zero-order valence-electron chi connectivity index (χ0n) is 6.30. The van der Waals surface area contributed by atoms with Crippen LogP contribution < -0.4 is 5.73 Å². The lowest BCUT2D eigenvalue weighted by molar-refractivity contribution is 0.489. The van der Waals surface area contributed by atoms with Crippen LogP contribution in [0.3, 0.4) is 0 Å². The highest BCUT2D eigenvalue weighted by atomic mass is 35.5. The van der Waals surface area contributed by atoms with Gasteiger partial charge in [0.1, 0.15) is 5.76 Å². The van der Waals surface area contributed by atoms with Gasteiger partial charge in [-0.3, -0.25) is 0 Å². The minimum Gasteiger partial charge on any atom is -0.448 e. The normalized spacial score (nSPS) is 13.0. The third-order valence-electron chi connectivity index (χ3n) is 1.43. The summed E-state index contributed by atoms with van der Waals surface area (Å²) in [6.07, 6.45) is 0. The number of hydrogen-bond donors (Lipinski definition) is 1. The minimum atomic E-state index is -0.248. The topological polar surface area (TPSA) is 39.2 Å². The predicted octanol–water partition coefficient (Wildman–Crippen LogP) is 2.51. The van der Waals surface area contributed by atoms with Gasteiger partial charge in [0.25, 0.3) is 0 Å². The molecule has 1 rings (SSSR count).